The summed E-state index contributed by atoms with van der Waals surface area (Å²) in [5, 5.41) is 56.3. The maximum absolute atomic E-state index is 13.0. The standard InChI is InChI=1S/C27H26N2O9/c30-16-8-6-14(7-9-16)26(36)29-17-13-28-10-2-5-22(17)38-27(37)15-11-20(33)24(21(34)12-15)25(35)23-18(31)3-1-4-19(23)32/h1,3-4,6-9,11-12,17,22,28,30-34H,2,5,10,13H2,(H,29,36)/t17?,22-/m1/s1. The van der Waals surface area contributed by atoms with Crippen LogP contribution in [0.5, 0.6) is 28.7 Å². The molecular formula is C27H26N2O9. The number of carbonyl (C=O) groups is 3. The van der Waals surface area contributed by atoms with E-state index in [2.05, 4.69) is 10.6 Å². The van der Waals surface area contributed by atoms with Gasteiger partial charge in [0.15, 0.2) is 0 Å². The van der Waals surface area contributed by atoms with Gasteiger partial charge in [-0.3, -0.25) is 9.59 Å². The molecule has 11 heteroatoms. The Morgan fingerprint density at radius 3 is 2.05 bits per heavy atom. The number of hydrogen-bond donors (Lipinski definition) is 7. The second-order valence-corrected chi connectivity index (χ2v) is 8.81. The van der Waals surface area contributed by atoms with Crippen molar-refractivity contribution >= 4 is 17.7 Å². The first-order valence-corrected chi connectivity index (χ1v) is 11.8. The van der Waals surface area contributed by atoms with E-state index in [1.807, 2.05) is 0 Å². The Labute approximate surface area is 216 Å². The van der Waals surface area contributed by atoms with Gasteiger partial charge < -0.3 is 40.9 Å². The van der Waals surface area contributed by atoms with Gasteiger partial charge in [-0.15, -0.1) is 0 Å². The van der Waals surface area contributed by atoms with Crippen LogP contribution in [-0.2, 0) is 4.74 Å². The molecule has 38 heavy (non-hydrogen) atoms. The second kappa shape index (κ2) is 11.1. The molecule has 1 aliphatic heterocycles. The quantitative estimate of drug-likeness (QED) is 0.187. The van der Waals surface area contributed by atoms with Gasteiger partial charge in [-0.2, -0.15) is 0 Å². The molecule has 4 rings (SSSR count). The molecule has 0 aliphatic carbocycles. The first-order chi connectivity index (χ1) is 18.2. The fraction of sp³-hybridized carbons (Fsp3) is 0.222. The third-order valence-electron chi connectivity index (χ3n) is 6.17. The van der Waals surface area contributed by atoms with Gasteiger partial charge in [-0.05, 0) is 67.9 Å². The van der Waals surface area contributed by atoms with E-state index in [-0.39, 0.29) is 11.3 Å². The van der Waals surface area contributed by atoms with Gasteiger partial charge in [0.25, 0.3) is 5.91 Å². The van der Waals surface area contributed by atoms with Crippen LogP contribution in [0.15, 0.2) is 54.6 Å². The summed E-state index contributed by atoms with van der Waals surface area (Å²) < 4.78 is 5.64. The zero-order valence-corrected chi connectivity index (χ0v) is 20.0. The van der Waals surface area contributed by atoms with Crippen LogP contribution in [0, 0.1) is 0 Å². The van der Waals surface area contributed by atoms with Crippen molar-refractivity contribution in [2.75, 3.05) is 13.1 Å². The molecule has 1 amide bonds. The molecule has 0 radical (unpaired) electrons. The minimum atomic E-state index is -1.05. The average Bonchev–Trinajstić information content (AvgIpc) is 3.08. The number of phenolic OH excluding ortho intramolecular Hbond substituents is 5. The molecule has 198 valence electrons. The largest absolute Gasteiger partial charge is 0.508 e. The van der Waals surface area contributed by atoms with Crippen molar-refractivity contribution < 1.29 is 44.7 Å². The third-order valence-corrected chi connectivity index (χ3v) is 6.17. The van der Waals surface area contributed by atoms with Crippen LogP contribution >= 0.6 is 0 Å². The number of aromatic hydroxyl groups is 5. The summed E-state index contributed by atoms with van der Waals surface area (Å²) in [4.78, 5) is 38.5. The number of carbonyl (C=O) groups excluding carboxylic acids is 3. The third kappa shape index (κ3) is 5.62. The molecule has 11 nitrogen and oxygen atoms in total. The summed E-state index contributed by atoms with van der Waals surface area (Å²) in [5.41, 5.74) is -1.08. The molecule has 1 fully saturated rings. The van der Waals surface area contributed by atoms with Crippen molar-refractivity contribution in [3.8, 4) is 28.7 Å². The molecule has 7 N–H and O–H groups in total. The minimum absolute atomic E-state index is 0.0149. The van der Waals surface area contributed by atoms with E-state index in [9.17, 15) is 39.9 Å². The minimum Gasteiger partial charge on any atom is -0.508 e. The van der Waals surface area contributed by atoms with Crippen molar-refractivity contribution in [2.45, 2.75) is 25.0 Å². The first kappa shape index (κ1) is 26.3. The topological polar surface area (TPSA) is 186 Å². The molecule has 0 spiro atoms. The van der Waals surface area contributed by atoms with Crippen LogP contribution in [0.2, 0.25) is 0 Å². The second-order valence-electron chi connectivity index (χ2n) is 8.81. The molecule has 1 unspecified atom stereocenters. The number of nitrogens with one attached hydrogen (secondary N) is 2. The highest BCUT2D eigenvalue weighted by molar-refractivity contribution is 6.15. The summed E-state index contributed by atoms with van der Waals surface area (Å²) in [5.74, 6) is -5.00. The maximum atomic E-state index is 13.0. The molecule has 3 aromatic rings. The lowest BCUT2D eigenvalue weighted by Crippen LogP contribution is -2.49. The molecule has 0 saturated carbocycles. The highest BCUT2D eigenvalue weighted by Crippen LogP contribution is 2.36. The van der Waals surface area contributed by atoms with Crippen LogP contribution in [0.4, 0.5) is 0 Å². The Hall–Kier alpha value is -4.77. The van der Waals surface area contributed by atoms with Gasteiger partial charge in [0, 0.05) is 12.1 Å². The number of hydrogen-bond acceptors (Lipinski definition) is 10. The van der Waals surface area contributed by atoms with Crippen molar-refractivity contribution in [1.29, 1.82) is 0 Å². The van der Waals surface area contributed by atoms with Gasteiger partial charge in [0.2, 0.25) is 5.78 Å². The lowest BCUT2D eigenvalue weighted by atomic mass is 9.98. The van der Waals surface area contributed by atoms with Gasteiger partial charge in [0.05, 0.1) is 11.6 Å². The van der Waals surface area contributed by atoms with E-state index >= 15 is 0 Å². The van der Waals surface area contributed by atoms with Gasteiger partial charge in [-0.1, -0.05) is 6.07 Å². The van der Waals surface area contributed by atoms with Crippen molar-refractivity contribution in [3.63, 3.8) is 0 Å². The summed E-state index contributed by atoms with van der Waals surface area (Å²) in [6.45, 7) is 0.951. The Kier molecular flexibility index (Phi) is 7.68. The van der Waals surface area contributed by atoms with E-state index < -0.39 is 63.9 Å². The summed E-state index contributed by atoms with van der Waals surface area (Å²) >= 11 is 0. The van der Waals surface area contributed by atoms with Crippen molar-refractivity contribution in [1.82, 2.24) is 10.6 Å². The Morgan fingerprint density at radius 2 is 1.42 bits per heavy atom. The van der Waals surface area contributed by atoms with Crippen molar-refractivity contribution in [2.24, 2.45) is 0 Å². The molecule has 1 aliphatic rings. The number of ketones is 1. The number of esters is 1. The van der Waals surface area contributed by atoms with E-state index in [1.54, 1.807) is 0 Å². The normalized spacial score (nSPS) is 17.3. The van der Waals surface area contributed by atoms with E-state index in [0.717, 1.165) is 24.3 Å². The SMILES string of the molecule is O=C(NC1CNCCC[C@H]1OC(=O)c1cc(O)c(C(=O)c2c(O)cccc2O)c(O)c1)c1ccc(O)cc1. The number of rotatable bonds is 6. The smallest absolute Gasteiger partial charge is 0.338 e. The lowest BCUT2D eigenvalue weighted by molar-refractivity contribution is 0.0191. The zero-order chi connectivity index (χ0) is 27.4. The number of ether oxygens (including phenoxy) is 1. The van der Waals surface area contributed by atoms with Crippen LogP contribution in [0.25, 0.3) is 0 Å². The Bertz CT molecular complexity index is 1330. The van der Waals surface area contributed by atoms with Gasteiger partial charge >= 0.3 is 5.97 Å². The van der Waals surface area contributed by atoms with E-state index in [1.165, 1.54) is 30.3 Å². The maximum Gasteiger partial charge on any atom is 0.338 e. The molecule has 1 heterocycles. The fourth-order valence-electron chi connectivity index (χ4n) is 4.22. The molecule has 3 aromatic carbocycles. The highest BCUT2D eigenvalue weighted by atomic mass is 16.5. The number of phenols is 5. The average molecular weight is 523 g/mol. The summed E-state index contributed by atoms with van der Waals surface area (Å²) in [6.07, 6.45) is 0.320. The zero-order valence-electron chi connectivity index (χ0n) is 20.0. The van der Waals surface area contributed by atoms with E-state index in [4.69, 9.17) is 4.74 Å². The fourth-order valence-corrected chi connectivity index (χ4v) is 4.22. The number of benzene rings is 3. The Morgan fingerprint density at radius 1 is 0.816 bits per heavy atom. The van der Waals surface area contributed by atoms with Crippen LogP contribution in [0.1, 0.15) is 49.5 Å². The number of amides is 1. The molecular weight excluding hydrogens is 496 g/mol. The van der Waals surface area contributed by atoms with Crippen LogP contribution in [-0.4, -0.2) is 68.4 Å². The molecule has 2 atom stereocenters. The Balaban J connectivity index is 1.53. The molecule has 0 bridgehead atoms. The predicted octanol–water partition coefficient (Wildman–Crippen LogP) is 2.15. The predicted molar refractivity (Wildman–Crippen MR) is 134 cm³/mol. The first-order valence-electron chi connectivity index (χ1n) is 11.8. The van der Waals surface area contributed by atoms with Crippen molar-refractivity contribution in [3.05, 3.63) is 76.9 Å². The van der Waals surface area contributed by atoms with Gasteiger partial charge in [-0.25, -0.2) is 4.79 Å². The highest BCUT2D eigenvalue weighted by Gasteiger charge is 2.31. The monoisotopic (exact) mass is 522 g/mol. The molecule has 0 aromatic heterocycles. The van der Waals surface area contributed by atoms with Crippen LogP contribution < -0.4 is 10.6 Å². The summed E-state index contributed by atoms with van der Waals surface area (Å²) in [6, 6.07) is 10.6. The lowest BCUT2D eigenvalue weighted by Gasteiger charge is -2.26. The van der Waals surface area contributed by atoms with Crippen LogP contribution in [0.3, 0.4) is 0 Å². The summed E-state index contributed by atoms with van der Waals surface area (Å²) in [7, 11) is 0. The molecule has 1 saturated heterocycles. The van der Waals surface area contributed by atoms with Gasteiger partial charge in [0.1, 0.15) is 46.0 Å². The van der Waals surface area contributed by atoms with E-state index in [0.29, 0.717) is 31.5 Å².